The van der Waals surface area contributed by atoms with Gasteiger partial charge in [-0.3, -0.25) is 0 Å². The number of nitrogens with zero attached hydrogens (tertiary/aromatic N) is 4. The molecule has 0 saturated heterocycles. The van der Waals surface area contributed by atoms with Crippen molar-refractivity contribution in [3.05, 3.63) is 40.5 Å². The monoisotopic (exact) mass is 329 g/mol. The van der Waals surface area contributed by atoms with E-state index < -0.39 is 0 Å². The summed E-state index contributed by atoms with van der Waals surface area (Å²) in [5.74, 6) is 0. The molecule has 0 atom stereocenters. The van der Waals surface area contributed by atoms with Gasteiger partial charge in [-0.05, 0) is 0 Å². The van der Waals surface area contributed by atoms with Crippen LogP contribution in [0.15, 0.2) is 21.4 Å². The molecule has 0 aromatic carbocycles. The maximum Gasteiger partial charge on any atom is 1.00 e. The molecule has 12 nitrogen and oxygen atoms in total. The summed E-state index contributed by atoms with van der Waals surface area (Å²) in [6.07, 6.45) is 0. The van der Waals surface area contributed by atoms with Gasteiger partial charge in [-0.15, -0.1) is 21.4 Å². The van der Waals surface area contributed by atoms with Crippen molar-refractivity contribution in [3.8, 4) is 0 Å². The van der Waals surface area contributed by atoms with Crippen molar-refractivity contribution < 1.29 is 71.8 Å². The van der Waals surface area contributed by atoms with Gasteiger partial charge in [-0.25, -0.2) is 0 Å². The number of hydrogen-bond donors (Lipinski definition) is 0. The number of rotatable bonds is 0. The van der Waals surface area contributed by atoms with Crippen LogP contribution in [0.2, 0.25) is 0 Å². The predicted molar refractivity (Wildman–Crippen MR) is 36.6 cm³/mol. The summed E-state index contributed by atoms with van der Waals surface area (Å²) in [7, 11) is 0. The molecule has 0 bridgehead atoms. The van der Waals surface area contributed by atoms with Crippen LogP contribution in [0.5, 0.6) is 0 Å². The van der Waals surface area contributed by atoms with E-state index in [-0.39, 0.29) is 71.8 Å². The van der Waals surface area contributed by atoms with Crippen LogP contribution in [-0.2, 0) is 20.4 Å². The Morgan fingerprint density at radius 3 is 0.571 bits per heavy atom. The summed E-state index contributed by atoms with van der Waals surface area (Å²) in [6.45, 7) is 0. The van der Waals surface area contributed by atoms with Gasteiger partial charge in [0.25, 0.3) is 0 Å². The Kier molecular flexibility index (Phi) is 318. The minimum absolute atomic E-state index is 0. The Bertz CT molecular complexity index is 75.3. The fraction of sp³-hybridized carbons (Fsp3) is 0. The predicted octanol–water partition coefficient (Wildman–Crippen LogP) is -2.00. The molecular weight excluding hydrogens is 330 g/mol. The van der Waals surface area contributed by atoms with Gasteiger partial charge in [0.05, 0.1) is 0 Å². The second-order valence-corrected chi connectivity index (χ2v) is 0.298. The average Bonchev–Trinajstić information content (AvgIpc) is 1.92. The molecule has 14 heavy (non-hydrogen) atoms. The van der Waals surface area contributed by atoms with Crippen molar-refractivity contribution in [2.24, 2.45) is 21.4 Å². The molecular formula is KN4O8Pd-3. The van der Waals surface area contributed by atoms with Gasteiger partial charge in [-0.1, -0.05) is 0 Å². The molecule has 0 aliphatic rings. The molecule has 0 fully saturated rings. The molecule has 0 radical (unpaired) electrons. The summed E-state index contributed by atoms with van der Waals surface area (Å²) < 4.78 is 0. The molecule has 0 rings (SSSR count). The fourth-order valence-corrected chi connectivity index (χ4v) is 0. The normalized spacial score (nSPS) is 3.43. The van der Waals surface area contributed by atoms with E-state index in [1.807, 2.05) is 0 Å². The summed E-state index contributed by atoms with van der Waals surface area (Å²) in [6, 6.07) is 0. The van der Waals surface area contributed by atoms with Crippen molar-refractivity contribution in [1.82, 2.24) is 0 Å². The summed E-state index contributed by atoms with van der Waals surface area (Å²) in [4.78, 5) is 32.0. The van der Waals surface area contributed by atoms with Crippen LogP contribution in [0.1, 0.15) is 0 Å². The third kappa shape index (κ3) is 138000. The standard InChI is InChI=1S/K.4HNO2.Pd/c;4*2-1-3;/h;4*(H,2,3);/q+1;;;;;/p-4. The summed E-state index contributed by atoms with van der Waals surface area (Å²) in [5.41, 5.74) is 0. The molecule has 14 heteroatoms. The van der Waals surface area contributed by atoms with Crippen molar-refractivity contribution in [3.63, 3.8) is 0 Å². The Morgan fingerprint density at radius 2 is 0.571 bits per heavy atom. The zero-order chi connectivity index (χ0) is 10.8. The second kappa shape index (κ2) is 120. The summed E-state index contributed by atoms with van der Waals surface area (Å²) >= 11 is 0. The maximum atomic E-state index is 8.00. The topological polar surface area (TPSA) is 210 Å². The minimum atomic E-state index is 0. The zero-order valence-corrected chi connectivity index (χ0v) is 11.0. The van der Waals surface area contributed by atoms with Gasteiger partial charge in [-0.2, -0.15) is 0 Å². The minimum Gasteiger partial charge on any atom is -0.444 e. The third-order valence-corrected chi connectivity index (χ3v) is 0. The van der Waals surface area contributed by atoms with Crippen LogP contribution in [0, 0.1) is 40.5 Å². The van der Waals surface area contributed by atoms with Crippen LogP contribution in [0.4, 0.5) is 0 Å². The second-order valence-electron chi connectivity index (χ2n) is 0.298. The quantitative estimate of drug-likeness (QED) is 0.275. The molecule has 0 spiro atoms. The SMILES string of the molecule is O=N[O-].O=N[O-].O=N[O-].O=N[O-].[K+].[Pd]. The van der Waals surface area contributed by atoms with Crippen LogP contribution in [0.3, 0.4) is 0 Å². The van der Waals surface area contributed by atoms with Crippen molar-refractivity contribution in [2.45, 2.75) is 0 Å². The van der Waals surface area contributed by atoms with Crippen molar-refractivity contribution >= 4 is 0 Å². The van der Waals surface area contributed by atoms with Gasteiger partial charge >= 0.3 is 51.4 Å². The van der Waals surface area contributed by atoms with E-state index in [0.29, 0.717) is 0 Å². The number of hydrogen-bond acceptors (Lipinski definition) is 12. The fourth-order valence-electron chi connectivity index (χ4n) is 0. The summed E-state index contributed by atoms with van der Waals surface area (Å²) in [5, 5.41) is 36.0. The van der Waals surface area contributed by atoms with E-state index in [4.69, 9.17) is 40.5 Å². The van der Waals surface area contributed by atoms with Crippen molar-refractivity contribution in [2.75, 3.05) is 0 Å². The first-order chi connectivity index (χ1) is 5.66. The average molecular weight is 330 g/mol. The molecule has 0 aliphatic carbocycles. The van der Waals surface area contributed by atoms with Gasteiger partial charge < -0.3 is 40.5 Å². The Hall–Kier alpha value is -0.101. The Morgan fingerprint density at radius 1 is 0.571 bits per heavy atom. The smallest absolute Gasteiger partial charge is 0.444 e. The molecule has 82 valence electrons. The zero-order valence-electron chi connectivity index (χ0n) is 6.37. The molecule has 0 amide bonds. The van der Waals surface area contributed by atoms with Crippen LogP contribution in [0.25, 0.3) is 0 Å². The van der Waals surface area contributed by atoms with E-state index in [9.17, 15) is 0 Å². The first-order valence-corrected chi connectivity index (χ1v) is 1.46. The molecule has 0 unspecified atom stereocenters. The van der Waals surface area contributed by atoms with E-state index in [1.54, 1.807) is 0 Å². The van der Waals surface area contributed by atoms with Gasteiger partial charge in [0.1, 0.15) is 0 Å². The molecule has 0 N–H and O–H groups in total. The largest absolute Gasteiger partial charge is 1.00 e. The van der Waals surface area contributed by atoms with Crippen LogP contribution < -0.4 is 51.4 Å². The van der Waals surface area contributed by atoms with E-state index in [2.05, 4.69) is 0 Å². The molecule has 0 saturated carbocycles. The van der Waals surface area contributed by atoms with E-state index in [0.717, 1.165) is 21.4 Å². The first-order valence-electron chi connectivity index (χ1n) is 1.46. The molecule has 0 aliphatic heterocycles. The van der Waals surface area contributed by atoms with E-state index >= 15 is 0 Å². The van der Waals surface area contributed by atoms with Gasteiger partial charge in [0, 0.05) is 20.4 Å². The Balaban J connectivity index is -0.0000000145. The third-order valence-electron chi connectivity index (χ3n) is 0. The first kappa shape index (κ1) is 37.1. The van der Waals surface area contributed by atoms with Crippen molar-refractivity contribution in [1.29, 1.82) is 0 Å². The molecule has 0 aromatic rings. The van der Waals surface area contributed by atoms with Crippen LogP contribution in [-0.4, -0.2) is 0 Å². The maximum absolute atomic E-state index is 8.00. The molecule has 0 aromatic heterocycles. The van der Waals surface area contributed by atoms with Crippen LogP contribution >= 0.6 is 0 Å². The van der Waals surface area contributed by atoms with Gasteiger partial charge in [0.15, 0.2) is 0 Å². The molecule has 0 heterocycles. The van der Waals surface area contributed by atoms with E-state index in [1.165, 1.54) is 0 Å². The van der Waals surface area contributed by atoms with Gasteiger partial charge in [0.2, 0.25) is 0 Å². The Labute approximate surface area is 132 Å².